The molecule has 3 rings (SSSR count). The summed E-state index contributed by atoms with van der Waals surface area (Å²) in [5, 5.41) is 9.91. The van der Waals surface area contributed by atoms with Crippen molar-refractivity contribution in [1.29, 1.82) is 0 Å². The minimum absolute atomic E-state index is 0.147. The zero-order chi connectivity index (χ0) is 16.6. The van der Waals surface area contributed by atoms with Crippen LogP contribution in [-0.2, 0) is 5.75 Å². The lowest BCUT2D eigenvalue weighted by Gasteiger charge is -2.02. The molecule has 118 valence electrons. The van der Waals surface area contributed by atoms with Gasteiger partial charge >= 0.3 is 0 Å². The van der Waals surface area contributed by atoms with Crippen LogP contribution in [0.4, 0.5) is 0 Å². The van der Waals surface area contributed by atoms with E-state index in [2.05, 4.69) is 20.9 Å². The van der Waals surface area contributed by atoms with Gasteiger partial charge in [0.1, 0.15) is 5.75 Å². The van der Waals surface area contributed by atoms with Crippen LogP contribution in [-0.4, -0.2) is 16.0 Å². The number of hydrogen-bond donors (Lipinski definition) is 3. The van der Waals surface area contributed by atoms with Crippen LogP contribution >= 0.6 is 39.0 Å². The minimum atomic E-state index is -0.629. The van der Waals surface area contributed by atoms with Gasteiger partial charge in [0.25, 0.3) is 11.5 Å². The van der Waals surface area contributed by atoms with E-state index in [-0.39, 0.29) is 11.3 Å². The fraction of sp³-hybridized carbons (Fsp3) is 0.0667. The Morgan fingerprint density at radius 1 is 1.35 bits per heavy atom. The summed E-state index contributed by atoms with van der Waals surface area (Å²) < 4.78 is 2.12. The fourth-order valence-electron chi connectivity index (χ4n) is 2.11. The number of pyridine rings is 1. The molecule has 0 unspecified atom stereocenters. The maximum atomic E-state index is 11.8. The first-order chi connectivity index (χ1) is 11.0. The van der Waals surface area contributed by atoms with Crippen molar-refractivity contribution in [3.63, 3.8) is 0 Å². The van der Waals surface area contributed by atoms with Gasteiger partial charge in [-0.3, -0.25) is 9.59 Å². The molecule has 0 radical (unpaired) electrons. The second kappa shape index (κ2) is 6.38. The smallest absolute Gasteiger partial charge is 0.252 e. The van der Waals surface area contributed by atoms with Gasteiger partial charge in [0.2, 0.25) is 0 Å². The molecule has 0 saturated carbocycles. The average Bonchev–Trinajstić information content (AvgIpc) is 2.85. The number of carbonyl (C=O) groups is 1. The van der Waals surface area contributed by atoms with E-state index in [9.17, 15) is 14.7 Å². The Morgan fingerprint density at radius 3 is 2.70 bits per heavy atom. The molecule has 0 saturated heterocycles. The quantitative estimate of drug-likeness (QED) is 0.573. The van der Waals surface area contributed by atoms with Crippen molar-refractivity contribution in [2.45, 2.75) is 9.96 Å². The number of carbonyl (C=O) groups excluding carboxylic acids is 1. The first kappa shape index (κ1) is 16.1. The van der Waals surface area contributed by atoms with Crippen molar-refractivity contribution < 1.29 is 9.90 Å². The molecule has 0 atom stereocenters. The Labute approximate surface area is 147 Å². The fourth-order valence-corrected chi connectivity index (χ4v) is 4.79. The van der Waals surface area contributed by atoms with Gasteiger partial charge in [-0.2, -0.15) is 0 Å². The van der Waals surface area contributed by atoms with E-state index in [1.165, 1.54) is 23.1 Å². The number of hydrogen-bond acceptors (Lipinski definition) is 5. The first-order valence-corrected chi connectivity index (χ1v) is 9.11. The van der Waals surface area contributed by atoms with Crippen molar-refractivity contribution in [1.82, 2.24) is 4.98 Å². The van der Waals surface area contributed by atoms with Crippen molar-refractivity contribution in [3.8, 4) is 5.75 Å². The van der Waals surface area contributed by atoms with E-state index in [1.54, 1.807) is 0 Å². The summed E-state index contributed by atoms with van der Waals surface area (Å²) in [5.41, 5.74) is 6.62. The van der Waals surface area contributed by atoms with E-state index < -0.39 is 11.5 Å². The molecule has 5 nitrogen and oxygen atoms in total. The normalized spacial score (nSPS) is 11.0. The highest BCUT2D eigenvalue weighted by molar-refractivity contribution is 9.10. The zero-order valence-electron chi connectivity index (χ0n) is 11.6. The van der Waals surface area contributed by atoms with Gasteiger partial charge in [0, 0.05) is 16.3 Å². The third-order valence-electron chi connectivity index (χ3n) is 3.15. The molecular weight excluding hydrogens is 400 g/mol. The molecule has 2 aromatic heterocycles. The molecule has 0 aliphatic heterocycles. The number of benzene rings is 1. The first-order valence-electron chi connectivity index (χ1n) is 6.51. The van der Waals surface area contributed by atoms with Crippen molar-refractivity contribution in [3.05, 3.63) is 56.3 Å². The summed E-state index contributed by atoms with van der Waals surface area (Å²) >= 11 is 6.07. The summed E-state index contributed by atoms with van der Waals surface area (Å²) in [4.78, 5) is 25.9. The largest absolute Gasteiger partial charge is 0.506 e. The third kappa shape index (κ3) is 3.29. The van der Waals surface area contributed by atoms with E-state index in [0.717, 1.165) is 16.1 Å². The van der Waals surface area contributed by atoms with Crippen LogP contribution in [0.25, 0.3) is 10.2 Å². The minimum Gasteiger partial charge on any atom is -0.506 e. The molecule has 8 heteroatoms. The number of aromatic nitrogens is 1. The van der Waals surface area contributed by atoms with Crippen LogP contribution in [0, 0.1) is 0 Å². The molecule has 2 heterocycles. The number of nitrogens with one attached hydrogen (secondary N) is 1. The predicted octanol–water partition coefficient (Wildman–Crippen LogP) is 3.45. The van der Waals surface area contributed by atoms with E-state index >= 15 is 0 Å². The molecule has 3 aromatic rings. The van der Waals surface area contributed by atoms with Crippen molar-refractivity contribution in [2.75, 3.05) is 0 Å². The van der Waals surface area contributed by atoms with Gasteiger partial charge in [0.05, 0.1) is 20.0 Å². The van der Waals surface area contributed by atoms with Gasteiger partial charge in [-0.05, 0) is 17.7 Å². The molecular formula is C15H11BrN2O3S2. The average molecular weight is 411 g/mol. The Hall–Kier alpha value is -1.77. The lowest BCUT2D eigenvalue weighted by atomic mass is 10.2. The van der Waals surface area contributed by atoms with Crippen LogP contribution in [0.2, 0.25) is 0 Å². The van der Waals surface area contributed by atoms with Crippen molar-refractivity contribution in [2.24, 2.45) is 5.73 Å². The Bertz CT molecular complexity index is 948. The van der Waals surface area contributed by atoms with Crippen LogP contribution in [0.1, 0.15) is 15.9 Å². The standard InChI is InChI=1S/C15H11BrN2O3S2/c16-8-3-1-7(2-4-8)6-22-15-11(14(17)21)12-13(23-15)9(19)5-10(20)18-12/h1-5H,6H2,(H2,17,21)(H2,18,19,20). The number of thioether (sulfide) groups is 1. The molecule has 0 aliphatic carbocycles. The lowest BCUT2D eigenvalue weighted by molar-refractivity contribution is 0.0999. The molecule has 1 amide bonds. The van der Waals surface area contributed by atoms with Crippen LogP contribution in [0.5, 0.6) is 5.75 Å². The molecule has 0 aliphatic rings. The number of thiophene rings is 1. The topological polar surface area (TPSA) is 96.2 Å². The van der Waals surface area contributed by atoms with E-state index in [4.69, 9.17) is 5.73 Å². The van der Waals surface area contributed by atoms with Gasteiger partial charge in [-0.25, -0.2) is 0 Å². The van der Waals surface area contributed by atoms with Gasteiger partial charge in [0.15, 0.2) is 0 Å². The number of rotatable bonds is 4. The van der Waals surface area contributed by atoms with Crippen LogP contribution < -0.4 is 11.3 Å². The van der Waals surface area contributed by atoms with Crippen LogP contribution in [0.15, 0.2) is 43.8 Å². The predicted molar refractivity (Wildman–Crippen MR) is 96.3 cm³/mol. The molecule has 1 aromatic carbocycles. The number of halogens is 1. The summed E-state index contributed by atoms with van der Waals surface area (Å²) in [6, 6.07) is 8.94. The second-order valence-corrected chi connectivity index (χ2v) is 7.95. The Kier molecular flexibility index (Phi) is 4.47. The van der Waals surface area contributed by atoms with Crippen molar-refractivity contribution >= 4 is 55.2 Å². The number of amides is 1. The lowest BCUT2D eigenvalue weighted by Crippen LogP contribution is -2.13. The number of primary amides is 1. The van der Waals surface area contributed by atoms with E-state index in [0.29, 0.717) is 20.2 Å². The van der Waals surface area contributed by atoms with Gasteiger partial charge in [-0.15, -0.1) is 23.1 Å². The molecule has 4 N–H and O–H groups in total. The summed E-state index contributed by atoms with van der Waals surface area (Å²) in [7, 11) is 0. The summed E-state index contributed by atoms with van der Waals surface area (Å²) in [5.74, 6) is -0.131. The van der Waals surface area contributed by atoms with E-state index in [1.807, 2.05) is 24.3 Å². The summed E-state index contributed by atoms with van der Waals surface area (Å²) in [6.07, 6.45) is 0. The third-order valence-corrected chi connectivity index (χ3v) is 6.24. The Morgan fingerprint density at radius 2 is 2.04 bits per heavy atom. The Balaban J connectivity index is 2.01. The number of fused-ring (bicyclic) bond motifs is 1. The zero-order valence-corrected chi connectivity index (χ0v) is 14.8. The van der Waals surface area contributed by atoms with Crippen LogP contribution in [0.3, 0.4) is 0 Å². The number of nitrogens with two attached hydrogens (primary N) is 1. The molecule has 23 heavy (non-hydrogen) atoms. The summed E-state index contributed by atoms with van der Waals surface area (Å²) in [6.45, 7) is 0. The SMILES string of the molecule is NC(=O)c1c(SCc2ccc(Br)cc2)sc2c(O)cc(=O)[nH]c12. The van der Waals surface area contributed by atoms with Gasteiger partial charge < -0.3 is 15.8 Å². The number of aromatic amines is 1. The monoisotopic (exact) mass is 410 g/mol. The number of aromatic hydroxyl groups is 1. The number of H-pyrrole nitrogens is 1. The highest BCUT2D eigenvalue weighted by Crippen LogP contribution is 2.41. The van der Waals surface area contributed by atoms with Gasteiger partial charge in [-0.1, -0.05) is 28.1 Å². The highest BCUT2D eigenvalue weighted by Gasteiger charge is 2.20. The maximum Gasteiger partial charge on any atom is 0.252 e. The molecule has 0 bridgehead atoms. The molecule has 0 spiro atoms. The maximum absolute atomic E-state index is 11.8. The molecule has 0 fully saturated rings. The highest BCUT2D eigenvalue weighted by atomic mass is 79.9. The second-order valence-electron chi connectivity index (χ2n) is 4.77.